The van der Waals surface area contributed by atoms with Crippen LogP contribution in [-0.2, 0) is 6.42 Å². The maximum Gasteiger partial charge on any atom is 0.0995 e. The smallest absolute Gasteiger partial charge is 0.0995 e. The molecular weight excluding hydrogens is 182 g/mol. The maximum atomic E-state index is 8.90. The third-order valence-corrected chi connectivity index (χ3v) is 2.95. The van der Waals surface area contributed by atoms with Gasteiger partial charge in [-0.3, -0.25) is 0 Å². The standard InChI is InChI=1S/C11H10ClN/c1-7-2-3-10-8(6-13)4-9(12)5-11(7)10/h4-5,7H,2-3H2,1H3/t7-/m1/s1. The van der Waals surface area contributed by atoms with Crippen molar-refractivity contribution in [2.75, 3.05) is 0 Å². The molecule has 2 rings (SSSR count). The van der Waals surface area contributed by atoms with Crippen molar-refractivity contribution < 1.29 is 0 Å². The van der Waals surface area contributed by atoms with Gasteiger partial charge in [0.1, 0.15) is 0 Å². The Kier molecular flexibility index (Phi) is 2.01. The van der Waals surface area contributed by atoms with Gasteiger partial charge in [0.05, 0.1) is 11.6 Å². The summed E-state index contributed by atoms with van der Waals surface area (Å²) in [6.07, 6.45) is 2.17. The maximum absolute atomic E-state index is 8.90. The van der Waals surface area contributed by atoms with Gasteiger partial charge in [0.2, 0.25) is 0 Å². The summed E-state index contributed by atoms with van der Waals surface area (Å²) in [6.45, 7) is 2.18. The molecule has 1 aliphatic carbocycles. The highest BCUT2D eigenvalue weighted by atomic mass is 35.5. The quantitative estimate of drug-likeness (QED) is 0.618. The second-order valence-corrected chi connectivity index (χ2v) is 4.01. The Morgan fingerprint density at radius 2 is 2.31 bits per heavy atom. The molecule has 0 aromatic heterocycles. The lowest BCUT2D eigenvalue weighted by Crippen LogP contribution is -1.90. The molecule has 0 radical (unpaired) electrons. The van der Waals surface area contributed by atoms with Crippen molar-refractivity contribution in [2.24, 2.45) is 0 Å². The fourth-order valence-corrected chi connectivity index (χ4v) is 2.22. The normalized spacial score (nSPS) is 19.6. The van der Waals surface area contributed by atoms with Gasteiger partial charge in [0.15, 0.2) is 0 Å². The van der Waals surface area contributed by atoms with Crippen LogP contribution in [0.25, 0.3) is 0 Å². The molecule has 0 fully saturated rings. The molecule has 0 amide bonds. The number of hydrogen-bond acceptors (Lipinski definition) is 1. The molecule has 0 aliphatic heterocycles. The van der Waals surface area contributed by atoms with Gasteiger partial charge in [0, 0.05) is 5.02 Å². The summed E-state index contributed by atoms with van der Waals surface area (Å²) < 4.78 is 0. The minimum atomic E-state index is 0.556. The molecule has 0 spiro atoms. The molecule has 0 saturated carbocycles. The van der Waals surface area contributed by atoms with Crippen LogP contribution in [0.5, 0.6) is 0 Å². The first-order chi connectivity index (χ1) is 6.22. The van der Waals surface area contributed by atoms with E-state index >= 15 is 0 Å². The predicted octanol–water partition coefficient (Wildman–Crippen LogP) is 3.26. The zero-order valence-corrected chi connectivity index (χ0v) is 8.23. The Bertz CT molecular complexity index is 390. The Hall–Kier alpha value is -1.00. The Morgan fingerprint density at radius 3 is 3.00 bits per heavy atom. The molecular formula is C11H10ClN. The summed E-state index contributed by atoms with van der Waals surface area (Å²) in [4.78, 5) is 0. The molecule has 0 N–H and O–H groups in total. The minimum Gasteiger partial charge on any atom is -0.192 e. The summed E-state index contributed by atoms with van der Waals surface area (Å²) in [5.41, 5.74) is 3.23. The fraction of sp³-hybridized carbons (Fsp3) is 0.364. The average molecular weight is 192 g/mol. The lowest BCUT2D eigenvalue weighted by atomic mass is 10.0. The molecule has 1 nitrogen and oxygen atoms in total. The Morgan fingerprint density at radius 1 is 1.54 bits per heavy atom. The van der Waals surface area contributed by atoms with Crippen LogP contribution in [0.4, 0.5) is 0 Å². The van der Waals surface area contributed by atoms with Crippen molar-refractivity contribution in [1.29, 1.82) is 5.26 Å². The fourth-order valence-electron chi connectivity index (χ4n) is 1.99. The van der Waals surface area contributed by atoms with Gasteiger partial charge < -0.3 is 0 Å². The van der Waals surface area contributed by atoms with Crippen molar-refractivity contribution in [3.05, 3.63) is 33.8 Å². The van der Waals surface area contributed by atoms with Gasteiger partial charge in [-0.1, -0.05) is 18.5 Å². The van der Waals surface area contributed by atoms with Gasteiger partial charge in [-0.2, -0.15) is 5.26 Å². The Labute approximate surface area is 82.9 Å². The predicted molar refractivity (Wildman–Crippen MR) is 52.9 cm³/mol. The van der Waals surface area contributed by atoms with Crippen molar-refractivity contribution in [2.45, 2.75) is 25.7 Å². The zero-order chi connectivity index (χ0) is 9.42. The van der Waals surface area contributed by atoms with Crippen LogP contribution in [0, 0.1) is 11.3 Å². The van der Waals surface area contributed by atoms with E-state index in [0.717, 1.165) is 18.4 Å². The zero-order valence-electron chi connectivity index (χ0n) is 7.47. The van der Waals surface area contributed by atoms with Crippen LogP contribution < -0.4 is 0 Å². The van der Waals surface area contributed by atoms with Gasteiger partial charge in [-0.15, -0.1) is 0 Å². The van der Waals surface area contributed by atoms with E-state index < -0.39 is 0 Å². The third kappa shape index (κ3) is 1.32. The van der Waals surface area contributed by atoms with Crippen LogP contribution in [-0.4, -0.2) is 0 Å². The van der Waals surface area contributed by atoms with Gasteiger partial charge in [0.25, 0.3) is 0 Å². The number of rotatable bonds is 0. The SMILES string of the molecule is C[C@@H]1CCc2c(C#N)cc(Cl)cc21. The summed E-state index contributed by atoms with van der Waals surface area (Å²) in [5, 5.41) is 9.59. The monoisotopic (exact) mass is 191 g/mol. The number of hydrogen-bond donors (Lipinski definition) is 0. The van der Waals surface area contributed by atoms with Crippen LogP contribution in [0.15, 0.2) is 12.1 Å². The summed E-state index contributed by atoms with van der Waals surface area (Å²) in [6, 6.07) is 5.96. The molecule has 0 heterocycles. The largest absolute Gasteiger partial charge is 0.192 e. The lowest BCUT2D eigenvalue weighted by molar-refractivity contribution is 0.747. The minimum absolute atomic E-state index is 0.556. The number of fused-ring (bicyclic) bond motifs is 1. The molecule has 1 aliphatic rings. The van der Waals surface area contributed by atoms with E-state index in [0.29, 0.717) is 10.9 Å². The molecule has 0 bridgehead atoms. The molecule has 1 aromatic carbocycles. The van der Waals surface area contributed by atoms with E-state index in [1.165, 1.54) is 11.1 Å². The summed E-state index contributed by atoms with van der Waals surface area (Å²) in [5.74, 6) is 0.556. The van der Waals surface area contributed by atoms with Crippen LogP contribution in [0.2, 0.25) is 5.02 Å². The Balaban J connectivity index is 2.65. The first kappa shape index (κ1) is 8.59. The molecule has 2 heteroatoms. The van der Waals surface area contributed by atoms with Crippen LogP contribution in [0.3, 0.4) is 0 Å². The van der Waals surface area contributed by atoms with Crippen molar-refractivity contribution in [3.8, 4) is 6.07 Å². The number of halogens is 1. The first-order valence-corrected chi connectivity index (χ1v) is 4.82. The highest BCUT2D eigenvalue weighted by Crippen LogP contribution is 2.36. The molecule has 13 heavy (non-hydrogen) atoms. The first-order valence-electron chi connectivity index (χ1n) is 4.45. The van der Waals surface area contributed by atoms with E-state index in [-0.39, 0.29) is 0 Å². The highest BCUT2D eigenvalue weighted by Gasteiger charge is 2.21. The van der Waals surface area contributed by atoms with Crippen molar-refractivity contribution in [1.82, 2.24) is 0 Å². The van der Waals surface area contributed by atoms with E-state index in [1.54, 1.807) is 6.07 Å². The molecule has 1 atom stereocenters. The van der Waals surface area contributed by atoms with E-state index in [2.05, 4.69) is 13.0 Å². The topological polar surface area (TPSA) is 23.8 Å². The number of benzene rings is 1. The number of nitrogens with zero attached hydrogens (tertiary/aromatic N) is 1. The van der Waals surface area contributed by atoms with Crippen molar-refractivity contribution >= 4 is 11.6 Å². The highest BCUT2D eigenvalue weighted by molar-refractivity contribution is 6.30. The summed E-state index contributed by atoms with van der Waals surface area (Å²) in [7, 11) is 0. The van der Waals surface area contributed by atoms with Crippen molar-refractivity contribution in [3.63, 3.8) is 0 Å². The third-order valence-electron chi connectivity index (χ3n) is 2.73. The van der Waals surface area contributed by atoms with Crippen LogP contribution >= 0.6 is 11.6 Å². The van der Waals surface area contributed by atoms with E-state index in [1.807, 2.05) is 6.07 Å². The molecule has 0 unspecified atom stereocenters. The van der Waals surface area contributed by atoms with Gasteiger partial charge >= 0.3 is 0 Å². The molecule has 1 aromatic rings. The van der Waals surface area contributed by atoms with E-state index in [9.17, 15) is 0 Å². The second kappa shape index (κ2) is 3.05. The van der Waals surface area contributed by atoms with Crippen LogP contribution in [0.1, 0.15) is 36.0 Å². The van der Waals surface area contributed by atoms with Gasteiger partial charge in [-0.05, 0) is 42.0 Å². The number of nitriles is 1. The summed E-state index contributed by atoms with van der Waals surface area (Å²) >= 11 is 5.92. The second-order valence-electron chi connectivity index (χ2n) is 3.57. The molecule has 0 saturated heterocycles. The average Bonchev–Trinajstić information content (AvgIpc) is 2.47. The molecule has 66 valence electrons. The van der Waals surface area contributed by atoms with E-state index in [4.69, 9.17) is 16.9 Å². The van der Waals surface area contributed by atoms with Gasteiger partial charge in [-0.25, -0.2) is 0 Å². The lowest BCUT2D eigenvalue weighted by Gasteiger charge is -2.05.